The quantitative estimate of drug-likeness (QED) is 0.836. The van der Waals surface area contributed by atoms with Gasteiger partial charge in [0.15, 0.2) is 17.7 Å². The van der Waals surface area contributed by atoms with Gasteiger partial charge in [-0.25, -0.2) is 4.39 Å². The summed E-state index contributed by atoms with van der Waals surface area (Å²) in [4.78, 5) is 24.1. The minimum Gasteiger partial charge on any atom is -0.481 e. The van der Waals surface area contributed by atoms with Gasteiger partial charge in [-0.2, -0.15) is 0 Å². The molecule has 132 valence electrons. The minimum absolute atomic E-state index is 0.0167. The van der Waals surface area contributed by atoms with Crippen molar-refractivity contribution < 1.29 is 23.8 Å². The number of carboxylic acid groups (broad SMARTS) is 1. The number of hydrogen-bond acceptors (Lipinski definition) is 3. The predicted molar refractivity (Wildman–Crippen MR) is 87.2 cm³/mol. The maximum absolute atomic E-state index is 13.7. The molecule has 1 aliphatic carbocycles. The van der Waals surface area contributed by atoms with E-state index in [0.717, 1.165) is 12.8 Å². The zero-order valence-electron chi connectivity index (χ0n) is 14.0. The van der Waals surface area contributed by atoms with Gasteiger partial charge in [-0.3, -0.25) is 9.59 Å². The number of carbonyl (C=O) groups is 2. The number of benzene rings is 1. The summed E-state index contributed by atoms with van der Waals surface area (Å²) in [6.07, 6.45) is 2.34. The average Bonchev–Trinajstić information content (AvgIpc) is 2.53. The van der Waals surface area contributed by atoms with Crippen LogP contribution in [0.1, 0.15) is 46.0 Å². The second-order valence-corrected chi connectivity index (χ2v) is 6.49. The smallest absolute Gasteiger partial charge is 0.308 e. The van der Waals surface area contributed by atoms with Gasteiger partial charge < -0.3 is 15.2 Å². The number of hydrogen-bond donors (Lipinski definition) is 2. The zero-order valence-corrected chi connectivity index (χ0v) is 14.0. The van der Waals surface area contributed by atoms with Gasteiger partial charge in [0.2, 0.25) is 0 Å². The molecule has 0 radical (unpaired) electrons. The van der Waals surface area contributed by atoms with Gasteiger partial charge in [0.1, 0.15) is 0 Å². The van der Waals surface area contributed by atoms with Crippen molar-refractivity contribution in [1.82, 2.24) is 5.32 Å². The molecule has 3 atom stereocenters. The molecule has 0 spiro atoms. The molecular weight excluding hydrogens is 313 g/mol. The Balaban J connectivity index is 2.10. The van der Waals surface area contributed by atoms with E-state index >= 15 is 0 Å². The number of carbonyl (C=O) groups excluding carboxylic acids is 1. The summed E-state index contributed by atoms with van der Waals surface area (Å²) in [6.45, 7) is 3.53. The fourth-order valence-electron chi connectivity index (χ4n) is 3.26. The first-order valence-electron chi connectivity index (χ1n) is 8.33. The van der Waals surface area contributed by atoms with E-state index in [1.54, 1.807) is 26.0 Å². The Bertz CT molecular complexity index is 606. The summed E-state index contributed by atoms with van der Waals surface area (Å²) >= 11 is 0. The summed E-state index contributed by atoms with van der Waals surface area (Å²) in [5, 5.41) is 12.3. The topological polar surface area (TPSA) is 75.6 Å². The van der Waals surface area contributed by atoms with Gasteiger partial charge in [-0.05, 0) is 38.3 Å². The third kappa shape index (κ3) is 4.04. The molecule has 1 saturated carbocycles. The van der Waals surface area contributed by atoms with Crippen LogP contribution in [0.2, 0.25) is 0 Å². The Kier molecular flexibility index (Phi) is 5.80. The lowest BCUT2D eigenvalue weighted by Gasteiger charge is -2.40. The van der Waals surface area contributed by atoms with Crippen LogP contribution in [-0.4, -0.2) is 28.6 Å². The third-order valence-corrected chi connectivity index (χ3v) is 4.68. The molecule has 5 nitrogen and oxygen atoms in total. The number of halogens is 1. The largest absolute Gasteiger partial charge is 0.481 e. The van der Waals surface area contributed by atoms with E-state index in [1.807, 2.05) is 0 Å². The van der Waals surface area contributed by atoms with Crippen molar-refractivity contribution in [3.05, 3.63) is 30.1 Å². The lowest BCUT2D eigenvalue weighted by atomic mass is 9.73. The van der Waals surface area contributed by atoms with Crippen LogP contribution in [0.3, 0.4) is 0 Å². The molecule has 1 fully saturated rings. The molecule has 0 aromatic heterocycles. The Labute approximate surface area is 141 Å². The lowest BCUT2D eigenvalue weighted by molar-refractivity contribution is -0.147. The van der Waals surface area contributed by atoms with E-state index < -0.39 is 35.3 Å². The molecule has 6 heteroatoms. The molecule has 1 amide bonds. The molecule has 1 aromatic rings. The van der Waals surface area contributed by atoms with Crippen molar-refractivity contribution in [1.29, 1.82) is 0 Å². The number of para-hydroxylation sites is 1. The van der Waals surface area contributed by atoms with E-state index in [0.29, 0.717) is 19.3 Å². The monoisotopic (exact) mass is 337 g/mol. The van der Waals surface area contributed by atoms with Crippen LogP contribution >= 0.6 is 0 Å². The molecular formula is C18H24FNO4. The number of ether oxygens (including phenoxy) is 1. The van der Waals surface area contributed by atoms with Crippen molar-refractivity contribution in [2.45, 2.75) is 57.6 Å². The van der Waals surface area contributed by atoms with E-state index in [9.17, 15) is 19.1 Å². The summed E-state index contributed by atoms with van der Waals surface area (Å²) < 4.78 is 19.2. The van der Waals surface area contributed by atoms with Gasteiger partial charge >= 0.3 is 5.97 Å². The number of amides is 1. The van der Waals surface area contributed by atoms with Crippen molar-refractivity contribution in [3.63, 3.8) is 0 Å². The van der Waals surface area contributed by atoms with Gasteiger partial charge in [-0.15, -0.1) is 0 Å². The molecule has 2 N–H and O–H groups in total. The first-order valence-corrected chi connectivity index (χ1v) is 8.33. The first kappa shape index (κ1) is 18.2. The molecule has 0 saturated heterocycles. The second kappa shape index (κ2) is 7.64. The van der Waals surface area contributed by atoms with Crippen LogP contribution in [0.5, 0.6) is 5.75 Å². The van der Waals surface area contributed by atoms with E-state index in [2.05, 4.69) is 5.32 Å². The van der Waals surface area contributed by atoms with Crippen LogP contribution < -0.4 is 10.1 Å². The number of rotatable bonds is 6. The van der Waals surface area contributed by atoms with Crippen LogP contribution in [0.4, 0.5) is 4.39 Å². The summed E-state index contributed by atoms with van der Waals surface area (Å²) in [6, 6.07) is 5.91. The van der Waals surface area contributed by atoms with E-state index in [1.165, 1.54) is 12.1 Å². The third-order valence-electron chi connectivity index (χ3n) is 4.68. The number of aliphatic carboxylic acids is 1. The highest BCUT2D eigenvalue weighted by molar-refractivity contribution is 5.83. The van der Waals surface area contributed by atoms with Gasteiger partial charge in [0.05, 0.1) is 11.5 Å². The lowest BCUT2D eigenvalue weighted by Crippen LogP contribution is -2.58. The summed E-state index contributed by atoms with van der Waals surface area (Å²) in [7, 11) is 0. The number of carboxylic acids is 1. The van der Waals surface area contributed by atoms with Crippen LogP contribution in [0, 0.1) is 11.7 Å². The standard InChI is InChI=1S/C18H24FNO4/c1-3-14(24-15-10-5-4-9-13(15)19)16(21)20-18(2)11-7-6-8-12(18)17(22)23/h4-5,9-10,12,14H,3,6-8,11H2,1-2H3,(H,20,21)(H,22,23). The fourth-order valence-corrected chi connectivity index (χ4v) is 3.26. The maximum atomic E-state index is 13.7. The van der Waals surface area contributed by atoms with Gasteiger partial charge in [0, 0.05) is 0 Å². The zero-order chi connectivity index (χ0) is 17.7. The number of nitrogens with one attached hydrogen (secondary N) is 1. The molecule has 0 heterocycles. The first-order chi connectivity index (χ1) is 11.4. The Morgan fingerprint density at radius 1 is 1.42 bits per heavy atom. The molecule has 3 unspecified atom stereocenters. The fraction of sp³-hybridized carbons (Fsp3) is 0.556. The van der Waals surface area contributed by atoms with Crippen molar-refractivity contribution >= 4 is 11.9 Å². The van der Waals surface area contributed by atoms with E-state index in [-0.39, 0.29) is 5.75 Å². The Hall–Kier alpha value is -2.11. The van der Waals surface area contributed by atoms with Crippen molar-refractivity contribution in [2.24, 2.45) is 5.92 Å². The Morgan fingerprint density at radius 2 is 2.12 bits per heavy atom. The van der Waals surface area contributed by atoms with Crippen LogP contribution in [-0.2, 0) is 9.59 Å². The normalized spacial score (nSPS) is 24.9. The van der Waals surface area contributed by atoms with Gasteiger partial charge in [-0.1, -0.05) is 31.9 Å². The highest BCUT2D eigenvalue weighted by atomic mass is 19.1. The molecule has 24 heavy (non-hydrogen) atoms. The summed E-state index contributed by atoms with van der Waals surface area (Å²) in [5.74, 6) is -2.45. The molecule has 0 bridgehead atoms. The van der Waals surface area contributed by atoms with Crippen LogP contribution in [0.25, 0.3) is 0 Å². The Morgan fingerprint density at radius 3 is 2.75 bits per heavy atom. The minimum atomic E-state index is -0.902. The molecule has 2 rings (SSSR count). The highest BCUT2D eigenvalue weighted by Gasteiger charge is 2.43. The highest BCUT2D eigenvalue weighted by Crippen LogP contribution is 2.34. The average molecular weight is 337 g/mol. The second-order valence-electron chi connectivity index (χ2n) is 6.49. The summed E-state index contributed by atoms with van der Waals surface area (Å²) in [5.41, 5.74) is -0.812. The van der Waals surface area contributed by atoms with Gasteiger partial charge in [0.25, 0.3) is 5.91 Å². The molecule has 0 aliphatic heterocycles. The molecule has 1 aromatic carbocycles. The van der Waals surface area contributed by atoms with Crippen LogP contribution in [0.15, 0.2) is 24.3 Å². The SMILES string of the molecule is CCC(Oc1ccccc1F)C(=O)NC1(C)CCCCC1C(=O)O. The molecule has 1 aliphatic rings. The van der Waals surface area contributed by atoms with Crippen molar-refractivity contribution in [3.8, 4) is 5.75 Å². The van der Waals surface area contributed by atoms with E-state index in [4.69, 9.17) is 4.74 Å². The van der Waals surface area contributed by atoms with Crippen molar-refractivity contribution in [2.75, 3.05) is 0 Å². The predicted octanol–water partition coefficient (Wildman–Crippen LogP) is 3.13. The maximum Gasteiger partial charge on any atom is 0.308 e.